The number of aromatic nitrogens is 4. The van der Waals surface area contributed by atoms with Crippen LogP contribution in [0.5, 0.6) is 5.75 Å². The lowest BCUT2D eigenvalue weighted by atomic mass is 10.1. The van der Waals surface area contributed by atoms with Crippen LogP contribution in [0.1, 0.15) is 44.9 Å². The molecule has 0 atom stereocenters. The SMILES string of the molecule is COc1ccc(-c2nc(-c3ccncc3)nn2CCN(C(=O)CCCC(=O)Nc2ccccc2)C2CCCC2)cc1Cl. The number of hydrogen-bond donors (Lipinski definition) is 1. The molecule has 0 spiro atoms. The van der Waals surface area contributed by atoms with E-state index < -0.39 is 0 Å². The Kier molecular flexibility index (Phi) is 9.82. The molecule has 1 N–H and O–H groups in total. The molecule has 1 saturated carbocycles. The van der Waals surface area contributed by atoms with Crippen LogP contribution in [-0.4, -0.2) is 56.2 Å². The third-order valence-electron chi connectivity index (χ3n) is 7.51. The van der Waals surface area contributed by atoms with Crippen molar-refractivity contribution in [2.75, 3.05) is 19.0 Å². The fourth-order valence-electron chi connectivity index (χ4n) is 5.36. The third-order valence-corrected chi connectivity index (χ3v) is 7.81. The molecule has 2 aromatic carbocycles. The number of nitrogens with zero attached hydrogens (tertiary/aromatic N) is 5. The number of halogens is 1. The van der Waals surface area contributed by atoms with Gasteiger partial charge in [0, 0.05) is 54.6 Å². The molecule has 1 aliphatic carbocycles. The molecule has 2 amide bonds. The molecule has 1 fully saturated rings. The van der Waals surface area contributed by atoms with E-state index in [2.05, 4.69) is 10.3 Å². The summed E-state index contributed by atoms with van der Waals surface area (Å²) in [6.45, 7) is 0.962. The van der Waals surface area contributed by atoms with Gasteiger partial charge in [0.15, 0.2) is 11.6 Å². The van der Waals surface area contributed by atoms with Crippen LogP contribution < -0.4 is 10.1 Å². The van der Waals surface area contributed by atoms with Crippen LogP contribution in [0.15, 0.2) is 73.1 Å². The van der Waals surface area contributed by atoms with E-state index in [9.17, 15) is 9.59 Å². The number of anilines is 1. The fraction of sp³-hybridized carbons (Fsp3) is 0.344. The Morgan fingerprint density at radius 1 is 1.02 bits per heavy atom. The van der Waals surface area contributed by atoms with Crippen molar-refractivity contribution in [3.05, 3.63) is 78.1 Å². The Balaban J connectivity index is 1.30. The molecule has 9 nitrogen and oxygen atoms in total. The summed E-state index contributed by atoms with van der Waals surface area (Å²) in [5.74, 6) is 1.79. The number of carbonyl (C=O) groups is 2. The molecule has 0 unspecified atom stereocenters. The van der Waals surface area contributed by atoms with Gasteiger partial charge in [-0.3, -0.25) is 14.6 Å². The zero-order valence-corrected chi connectivity index (χ0v) is 24.5. The zero-order valence-electron chi connectivity index (χ0n) is 23.7. The van der Waals surface area contributed by atoms with Gasteiger partial charge in [-0.1, -0.05) is 42.6 Å². The predicted molar refractivity (Wildman–Crippen MR) is 163 cm³/mol. The second-order valence-electron chi connectivity index (χ2n) is 10.4. The highest BCUT2D eigenvalue weighted by Crippen LogP contribution is 2.31. The van der Waals surface area contributed by atoms with Crippen molar-refractivity contribution in [3.63, 3.8) is 0 Å². The summed E-state index contributed by atoms with van der Waals surface area (Å²) in [6, 6.07) is 18.8. The van der Waals surface area contributed by atoms with Crippen LogP contribution in [0.3, 0.4) is 0 Å². The Bertz CT molecular complexity index is 1490. The van der Waals surface area contributed by atoms with Gasteiger partial charge in [0.25, 0.3) is 0 Å². The van der Waals surface area contributed by atoms with Crippen molar-refractivity contribution in [2.24, 2.45) is 0 Å². The fourth-order valence-corrected chi connectivity index (χ4v) is 5.62. The average Bonchev–Trinajstić information content (AvgIpc) is 3.69. The molecular formula is C32H35ClN6O3. The Morgan fingerprint density at radius 3 is 2.50 bits per heavy atom. The number of para-hydroxylation sites is 1. The molecular weight excluding hydrogens is 552 g/mol. The Morgan fingerprint density at radius 2 is 1.79 bits per heavy atom. The van der Waals surface area contributed by atoms with Gasteiger partial charge in [0.1, 0.15) is 5.75 Å². The number of ether oxygens (including phenoxy) is 1. The summed E-state index contributed by atoms with van der Waals surface area (Å²) in [4.78, 5) is 36.8. The van der Waals surface area contributed by atoms with Crippen molar-refractivity contribution < 1.29 is 14.3 Å². The van der Waals surface area contributed by atoms with E-state index in [1.807, 2.05) is 70.2 Å². The maximum absolute atomic E-state index is 13.5. The first-order chi connectivity index (χ1) is 20.5. The van der Waals surface area contributed by atoms with Crippen LogP contribution >= 0.6 is 11.6 Å². The summed E-state index contributed by atoms with van der Waals surface area (Å²) in [5.41, 5.74) is 2.41. The third kappa shape index (κ3) is 7.33. The minimum atomic E-state index is -0.0875. The predicted octanol–water partition coefficient (Wildman–Crippen LogP) is 6.25. The van der Waals surface area contributed by atoms with E-state index in [4.69, 9.17) is 26.4 Å². The number of pyridine rings is 1. The number of hydrogen-bond acceptors (Lipinski definition) is 6. The molecule has 1 aliphatic rings. The Labute approximate surface area is 250 Å². The van der Waals surface area contributed by atoms with Gasteiger partial charge in [0.05, 0.1) is 18.7 Å². The first-order valence-corrected chi connectivity index (χ1v) is 14.7. The maximum Gasteiger partial charge on any atom is 0.224 e. The molecule has 0 radical (unpaired) electrons. The van der Waals surface area contributed by atoms with E-state index in [-0.39, 0.29) is 17.9 Å². The van der Waals surface area contributed by atoms with E-state index in [1.54, 1.807) is 19.5 Å². The highest BCUT2D eigenvalue weighted by atomic mass is 35.5. The van der Waals surface area contributed by atoms with E-state index in [1.165, 1.54) is 0 Å². The Hall–Kier alpha value is -4.24. The van der Waals surface area contributed by atoms with Crippen LogP contribution in [0.4, 0.5) is 5.69 Å². The highest BCUT2D eigenvalue weighted by Gasteiger charge is 2.27. The molecule has 218 valence electrons. The monoisotopic (exact) mass is 586 g/mol. The van der Waals surface area contributed by atoms with Crippen molar-refractivity contribution >= 4 is 29.1 Å². The van der Waals surface area contributed by atoms with Crippen LogP contribution in [0.2, 0.25) is 5.02 Å². The number of rotatable bonds is 12. The quantitative estimate of drug-likeness (QED) is 0.210. The van der Waals surface area contributed by atoms with Gasteiger partial charge in [-0.15, -0.1) is 0 Å². The average molecular weight is 587 g/mol. The smallest absolute Gasteiger partial charge is 0.224 e. The number of methoxy groups -OCH3 is 1. The van der Waals surface area contributed by atoms with Crippen molar-refractivity contribution in [2.45, 2.75) is 57.5 Å². The van der Waals surface area contributed by atoms with Crippen molar-refractivity contribution in [3.8, 4) is 28.5 Å². The highest BCUT2D eigenvalue weighted by molar-refractivity contribution is 6.32. The molecule has 2 aromatic heterocycles. The number of benzene rings is 2. The second kappa shape index (κ2) is 14.1. The van der Waals surface area contributed by atoms with Gasteiger partial charge in [-0.2, -0.15) is 5.10 Å². The standard InChI is InChI=1S/C32H35ClN6O3/c1-42-28-15-14-24(22-27(28)33)32-36-31(23-16-18-34-19-17-23)37-39(32)21-20-38(26-10-5-6-11-26)30(41)13-7-12-29(40)35-25-8-3-2-4-9-25/h2-4,8-9,14-19,22,26H,5-7,10-13,20-21H2,1H3,(H,35,40). The molecule has 42 heavy (non-hydrogen) atoms. The lowest BCUT2D eigenvalue weighted by Crippen LogP contribution is -2.41. The summed E-state index contributed by atoms with van der Waals surface area (Å²) in [5, 5.41) is 8.20. The maximum atomic E-state index is 13.5. The molecule has 4 aromatic rings. The summed E-state index contributed by atoms with van der Waals surface area (Å²) < 4.78 is 7.17. The van der Waals surface area contributed by atoms with E-state index in [0.717, 1.165) is 42.5 Å². The molecule has 0 saturated heterocycles. The van der Waals surface area contributed by atoms with Gasteiger partial charge in [-0.25, -0.2) is 9.67 Å². The lowest BCUT2D eigenvalue weighted by molar-refractivity contribution is -0.133. The summed E-state index contributed by atoms with van der Waals surface area (Å²) in [6.07, 6.45) is 8.71. The lowest BCUT2D eigenvalue weighted by Gasteiger charge is -2.29. The van der Waals surface area contributed by atoms with E-state index >= 15 is 0 Å². The van der Waals surface area contributed by atoms with Gasteiger partial charge < -0.3 is 15.0 Å². The van der Waals surface area contributed by atoms with Crippen LogP contribution in [0, 0.1) is 0 Å². The zero-order chi connectivity index (χ0) is 29.3. The summed E-state index contributed by atoms with van der Waals surface area (Å²) >= 11 is 6.45. The molecule has 10 heteroatoms. The van der Waals surface area contributed by atoms with Gasteiger partial charge >= 0.3 is 0 Å². The largest absolute Gasteiger partial charge is 0.495 e. The van der Waals surface area contributed by atoms with Crippen molar-refractivity contribution in [1.82, 2.24) is 24.6 Å². The molecule has 0 aliphatic heterocycles. The minimum Gasteiger partial charge on any atom is -0.495 e. The first-order valence-electron chi connectivity index (χ1n) is 14.4. The second-order valence-corrected chi connectivity index (χ2v) is 10.8. The number of carbonyl (C=O) groups excluding carboxylic acids is 2. The summed E-state index contributed by atoms with van der Waals surface area (Å²) in [7, 11) is 1.58. The van der Waals surface area contributed by atoms with Gasteiger partial charge in [0.2, 0.25) is 11.8 Å². The number of nitrogens with one attached hydrogen (secondary N) is 1. The van der Waals surface area contributed by atoms with Crippen LogP contribution in [-0.2, 0) is 16.1 Å². The topological polar surface area (TPSA) is 102 Å². The molecule has 2 heterocycles. The molecule has 0 bridgehead atoms. The first kappa shape index (κ1) is 29.3. The van der Waals surface area contributed by atoms with Crippen molar-refractivity contribution in [1.29, 1.82) is 0 Å². The van der Waals surface area contributed by atoms with E-state index in [0.29, 0.717) is 54.8 Å². The minimum absolute atomic E-state index is 0.0675. The van der Waals surface area contributed by atoms with Crippen LogP contribution in [0.25, 0.3) is 22.8 Å². The van der Waals surface area contributed by atoms with Gasteiger partial charge in [-0.05, 0) is 61.7 Å². The number of amides is 2. The normalized spacial score (nSPS) is 13.2. The molecule has 5 rings (SSSR count).